The molecule has 0 aromatic carbocycles. The first kappa shape index (κ1) is 15.0. The highest BCUT2D eigenvalue weighted by atomic mass is 16.5. The van der Waals surface area contributed by atoms with Gasteiger partial charge in [-0.25, -0.2) is 9.67 Å². The monoisotopic (exact) mass is 329 g/mol. The second kappa shape index (κ2) is 6.52. The van der Waals surface area contributed by atoms with Gasteiger partial charge in [-0.15, -0.1) is 10.2 Å². The van der Waals surface area contributed by atoms with Crippen molar-refractivity contribution < 1.29 is 9.53 Å². The minimum Gasteiger partial charge on any atom is -0.368 e. The van der Waals surface area contributed by atoms with E-state index in [1.54, 1.807) is 11.0 Å². The van der Waals surface area contributed by atoms with Crippen LogP contribution in [0.15, 0.2) is 24.8 Å². The summed E-state index contributed by atoms with van der Waals surface area (Å²) in [5.41, 5.74) is 0. The van der Waals surface area contributed by atoms with Crippen LogP contribution in [0, 0.1) is 0 Å². The molecule has 1 atom stereocenters. The molecule has 24 heavy (non-hydrogen) atoms. The highest BCUT2D eigenvalue weighted by molar-refractivity contribution is 5.81. The Balaban J connectivity index is 1.36. The van der Waals surface area contributed by atoms with Gasteiger partial charge in [-0.2, -0.15) is 5.10 Å². The Hall–Kier alpha value is -2.55. The number of aromatic nitrogens is 5. The molecule has 4 rings (SSSR count). The first-order chi connectivity index (χ1) is 11.8. The van der Waals surface area contributed by atoms with Gasteiger partial charge >= 0.3 is 0 Å². The van der Waals surface area contributed by atoms with Crippen molar-refractivity contribution in [1.82, 2.24) is 29.9 Å². The third kappa shape index (κ3) is 2.94. The SMILES string of the molecule is O=C(C1CCCO1)N1CCN(c2ccc(-n3cncn3)nn2)CC1. The Kier molecular flexibility index (Phi) is 4.08. The van der Waals surface area contributed by atoms with Gasteiger partial charge in [0.25, 0.3) is 5.91 Å². The molecule has 2 aromatic rings. The molecule has 2 fully saturated rings. The molecule has 9 heteroatoms. The Morgan fingerprint density at radius 2 is 1.92 bits per heavy atom. The van der Waals surface area contributed by atoms with Gasteiger partial charge < -0.3 is 14.5 Å². The number of anilines is 1. The summed E-state index contributed by atoms with van der Waals surface area (Å²) in [5.74, 6) is 1.56. The number of hydrogen-bond acceptors (Lipinski definition) is 7. The van der Waals surface area contributed by atoms with Crippen LogP contribution >= 0.6 is 0 Å². The van der Waals surface area contributed by atoms with Crippen LogP contribution in [0.2, 0.25) is 0 Å². The molecule has 1 amide bonds. The van der Waals surface area contributed by atoms with Crippen molar-refractivity contribution in [3.05, 3.63) is 24.8 Å². The summed E-state index contributed by atoms with van der Waals surface area (Å²) in [7, 11) is 0. The maximum atomic E-state index is 12.4. The lowest BCUT2D eigenvalue weighted by Gasteiger charge is -2.36. The molecular weight excluding hydrogens is 310 g/mol. The second-order valence-corrected chi connectivity index (χ2v) is 5.90. The lowest BCUT2D eigenvalue weighted by Crippen LogP contribution is -2.51. The molecule has 0 bridgehead atoms. The fourth-order valence-corrected chi connectivity index (χ4v) is 3.07. The Morgan fingerprint density at radius 1 is 1.12 bits per heavy atom. The minimum absolute atomic E-state index is 0.125. The zero-order chi connectivity index (χ0) is 16.4. The fourth-order valence-electron chi connectivity index (χ4n) is 3.07. The van der Waals surface area contributed by atoms with E-state index >= 15 is 0 Å². The molecule has 2 aliphatic rings. The summed E-state index contributed by atoms with van der Waals surface area (Å²) in [6, 6.07) is 3.78. The van der Waals surface area contributed by atoms with Crippen molar-refractivity contribution in [3.63, 3.8) is 0 Å². The number of amides is 1. The van der Waals surface area contributed by atoms with Crippen molar-refractivity contribution >= 4 is 11.7 Å². The van der Waals surface area contributed by atoms with E-state index < -0.39 is 0 Å². The standard InChI is InChI=1S/C15H19N7O2/c23-15(12-2-1-9-24-12)21-7-5-20(6-8-21)13-3-4-14(19-18-13)22-11-16-10-17-22/h3-4,10-12H,1-2,5-9H2. The van der Waals surface area contributed by atoms with Crippen molar-refractivity contribution in [2.75, 3.05) is 37.7 Å². The average molecular weight is 329 g/mol. The molecule has 2 aromatic heterocycles. The molecule has 9 nitrogen and oxygen atoms in total. The zero-order valence-electron chi connectivity index (χ0n) is 13.3. The van der Waals surface area contributed by atoms with E-state index in [1.165, 1.54) is 6.33 Å². The van der Waals surface area contributed by atoms with E-state index in [0.29, 0.717) is 25.5 Å². The van der Waals surface area contributed by atoms with E-state index in [9.17, 15) is 4.79 Å². The first-order valence-electron chi connectivity index (χ1n) is 8.15. The molecule has 2 saturated heterocycles. The number of carbonyl (C=O) groups is 1. The summed E-state index contributed by atoms with van der Waals surface area (Å²) in [6.07, 6.45) is 4.62. The average Bonchev–Trinajstić information content (AvgIpc) is 3.35. The van der Waals surface area contributed by atoms with Crippen LogP contribution in [-0.4, -0.2) is 74.7 Å². The van der Waals surface area contributed by atoms with Crippen molar-refractivity contribution in [2.24, 2.45) is 0 Å². The number of carbonyl (C=O) groups excluding carboxylic acids is 1. The molecule has 1 unspecified atom stereocenters. The summed E-state index contributed by atoms with van der Waals surface area (Å²) >= 11 is 0. The molecule has 0 radical (unpaired) electrons. The third-order valence-corrected chi connectivity index (χ3v) is 4.41. The van der Waals surface area contributed by atoms with E-state index in [1.807, 2.05) is 17.0 Å². The maximum absolute atomic E-state index is 12.4. The van der Waals surface area contributed by atoms with Gasteiger partial charge in [0.2, 0.25) is 0 Å². The van der Waals surface area contributed by atoms with Crippen LogP contribution in [0.1, 0.15) is 12.8 Å². The van der Waals surface area contributed by atoms with Crippen LogP contribution in [0.25, 0.3) is 5.82 Å². The zero-order valence-corrected chi connectivity index (χ0v) is 13.3. The molecule has 2 aliphatic heterocycles. The van der Waals surface area contributed by atoms with Crippen LogP contribution in [-0.2, 0) is 9.53 Å². The van der Waals surface area contributed by atoms with Gasteiger partial charge in [0.05, 0.1) is 0 Å². The molecule has 0 N–H and O–H groups in total. The van der Waals surface area contributed by atoms with Gasteiger partial charge in [-0.1, -0.05) is 0 Å². The highest BCUT2D eigenvalue weighted by Crippen LogP contribution is 2.18. The number of nitrogens with zero attached hydrogens (tertiary/aromatic N) is 7. The lowest BCUT2D eigenvalue weighted by molar-refractivity contribution is -0.141. The van der Waals surface area contributed by atoms with Crippen molar-refractivity contribution in [1.29, 1.82) is 0 Å². The van der Waals surface area contributed by atoms with E-state index in [0.717, 1.165) is 31.7 Å². The number of rotatable bonds is 3. The smallest absolute Gasteiger partial charge is 0.251 e. The van der Waals surface area contributed by atoms with Gasteiger partial charge in [0.1, 0.15) is 18.8 Å². The Labute approximate surface area is 139 Å². The normalized spacial score (nSPS) is 21.2. The van der Waals surface area contributed by atoms with Gasteiger partial charge in [0, 0.05) is 32.8 Å². The quantitative estimate of drug-likeness (QED) is 0.776. The predicted molar refractivity (Wildman–Crippen MR) is 84.7 cm³/mol. The second-order valence-electron chi connectivity index (χ2n) is 5.90. The molecule has 0 saturated carbocycles. The first-order valence-corrected chi connectivity index (χ1v) is 8.15. The lowest BCUT2D eigenvalue weighted by atomic mass is 10.2. The van der Waals surface area contributed by atoms with Crippen molar-refractivity contribution in [2.45, 2.75) is 18.9 Å². The van der Waals surface area contributed by atoms with Crippen LogP contribution in [0.4, 0.5) is 5.82 Å². The van der Waals surface area contributed by atoms with Crippen LogP contribution < -0.4 is 4.90 Å². The molecule has 4 heterocycles. The maximum Gasteiger partial charge on any atom is 0.251 e. The summed E-state index contributed by atoms with van der Waals surface area (Å²) in [4.78, 5) is 20.3. The molecular formula is C15H19N7O2. The minimum atomic E-state index is -0.238. The fraction of sp³-hybridized carbons (Fsp3) is 0.533. The summed E-state index contributed by atoms with van der Waals surface area (Å²) in [5, 5.41) is 12.5. The highest BCUT2D eigenvalue weighted by Gasteiger charge is 2.30. The number of ether oxygens (including phenoxy) is 1. The molecule has 0 spiro atoms. The van der Waals surface area contributed by atoms with E-state index in [4.69, 9.17) is 4.74 Å². The van der Waals surface area contributed by atoms with Crippen LogP contribution in [0.3, 0.4) is 0 Å². The Bertz CT molecular complexity index is 674. The van der Waals surface area contributed by atoms with Crippen molar-refractivity contribution in [3.8, 4) is 5.82 Å². The number of hydrogen-bond donors (Lipinski definition) is 0. The topological polar surface area (TPSA) is 89.3 Å². The Morgan fingerprint density at radius 3 is 2.54 bits per heavy atom. The molecule has 0 aliphatic carbocycles. The number of piperazine rings is 1. The largest absolute Gasteiger partial charge is 0.368 e. The van der Waals surface area contributed by atoms with Gasteiger partial charge in [-0.3, -0.25) is 4.79 Å². The van der Waals surface area contributed by atoms with E-state index in [2.05, 4.69) is 25.2 Å². The third-order valence-electron chi connectivity index (χ3n) is 4.41. The van der Waals surface area contributed by atoms with Gasteiger partial charge in [0.15, 0.2) is 11.6 Å². The summed E-state index contributed by atoms with van der Waals surface area (Å²) < 4.78 is 7.05. The van der Waals surface area contributed by atoms with Crippen LogP contribution in [0.5, 0.6) is 0 Å². The van der Waals surface area contributed by atoms with E-state index in [-0.39, 0.29) is 12.0 Å². The van der Waals surface area contributed by atoms with Gasteiger partial charge in [-0.05, 0) is 25.0 Å². The summed E-state index contributed by atoms with van der Waals surface area (Å²) in [6.45, 7) is 3.56. The predicted octanol–water partition coefficient (Wildman–Crippen LogP) is -0.115. The molecule has 126 valence electrons.